The van der Waals surface area contributed by atoms with E-state index in [1.165, 1.54) is 24.3 Å². The molecule has 2 atom stereocenters. The van der Waals surface area contributed by atoms with Crippen molar-refractivity contribution in [3.05, 3.63) is 65.5 Å². The highest BCUT2D eigenvalue weighted by Crippen LogP contribution is 2.32. The number of β-amino-alcohol motifs (C(OH)–C–C–N with tert-alkyl or cyclic N) is 1. The van der Waals surface area contributed by atoms with Gasteiger partial charge in [0.2, 0.25) is 0 Å². The smallest absolute Gasteiger partial charge is 0.325 e. The number of hydrogen-bond donors (Lipinski definition) is 2. The highest BCUT2D eigenvalue weighted by atomic mass is 19.1. The Hall–Kier alpha value is -2.93. The number of nitrogens with one attached hydrogen (secondary N) is 1. The van der Waals surface area contributed by atoms with Gasteiger partial charge in [-0.25, -0.2) is 9.18 Å². The number of urea groups is 1. The molecule has 7 heteroatoms. The fourth-order valence-corrected chi connectivity index (χ4v) is 3.67. The van der Waals surface area contributed by atoms with Gasteiger partial charge in [-0.3, -0.25) is 9.69 Å². The summed E-state index contributed by atoms with van der Waals surface area (Å²) in [6.45, 7) is 7.86. The number of nitrogens with zero attached hydrogens (tertiary/aromatic N) is 1. The van der Waals surface area contributed by atoms with Crippen molar-refractivity contribution in [2.24, 2.45) is 0 Å². The molecular formula is C24H29FN2O4. The monoisotopic (exact) mass is 428 g/mol. The van der Waals surface area contributed by atoms with E-state index in [4.69, 9.17) is 4.74 Å². The summed E-state index contributed by atoms with van der Waals surface area (Å²) in [5, 5.41) is 13.1. The number of halogens is 1. The fourth-order valence-electron chi connectivity index (χ4n) is 3.67. The van der Waals surface area contributed by atoms with Crippen LogP contribution in [-0.4, -0.2) is 41.2 Å². The lowest BCUT2D eigenvalue weighted by atomic mass is 9.87. The van der Waals surface area contributed by atoms with Crippen LogP contribution in [0.5, 0.6) is 5.75 Å². The summed E-state index contributed by atoms with van der Waals surface area (Å²) in [5.74, 6) is -0.301. The molecule has 2 aromatic carbocycles. The lowest BCUT2D eigenvalue weighted by Crippen LogP contribution is -2.44. The molecule has 2 aromatic rings. The van der Waals surface area contributed by atoms with E-state index in [1.54, 1.807) is 6.92 Å². The van der Waals surface area contributed by atoms with Gasteiger partial charge in [0.1, 0.15) is 29.8 Å². The van der Waals surface area contributed by atoms with E-state index < -0.39 is 29.4 Å². The molecule has 3 rings (SSSR count). The van der Waals surface area contributed by atoms with Crippen LogP contribution in [0, 0.1) is 5.82 Å². The first-order valence-electron chi connectivity index (χ1n) is 10.4. The van der Waals surface area contributed by atoms with E-state index in [0.717, 1.165) is 10.5 Å². The molecule has 0 saturated carbocycles. The Morgan fingerprint density at radius 1 is 1.10 bits per heavy atom. The molecule has 2 N–H and O–H groups in total. The molecule has 0 bridgehead atoms. The molecule has 0 spiro atoms. The Labute approximate surface area is 182 Å². The summed E-state index contributed by atoms with van der Waals surface area (Å²) < 4.78 is 18.9. The van der Waals surface area contributed by atoms with E-state index >= 15 is 0 Å². The third-order valence-corrected chi connectivity index (χ3v) is 5.60. The predicted molar refractivity (Wildman–Crippen MR) is 115 cm³/mol. The first-order chi connectivity index (χ1) is 14.6. The predicted octanol–water partition coefficient (Wildman–Crippen LogP) is 3.72. The topological polar surface area (TPSA) is 78.9 Å². The van der Waals surface area contributed by atoms with Crippen LogP contribution in [0.2, 0.25) is 0 Å². The van der Waals surface area contributed by atoms with Crippen LogP contribution in [0.3, 0.4) is 0 Å². The minimum Gasteiger partial charge on any atom is -0.491 e. The van der Waals surface area contributed by atoms with Crippen molar-refractivity contribution in [3.8, 4) is 5.75 Å². The molecule has 1 heterocycles. The number of hydrogen-bond acceptors (Lipinski definition) is 4. The van der Waals surface area contributed by atoms with Crippen molar-refractivity contribution in [1.29, 1.82) is 0 Å². The number of ether oxygens (including phenoxy) is 1. The van der Waals surface area contributed by atoms with Crippen LogP contribution in [0.4, 0.5) is 9.18 Å². The average molecular weight is 429 g/mol. The normalized spacial score (nSPS) is 20.0. The highest BCUT2D eigenvalue weighted by molar-refractivity contribution is 6.07. The van der Waals surface area contributed by atoms with Crippen molar-refractivity contribution in [2.75, 3.05) is 13.2 Å². The maximum Gasteiger partial charge on any atom is 0.325 e. The third-order valence-electron chi connectivity index (χ3n) is 5.60. The quantitative estimate of drug-likeness (QED) is 0.659. The van der Waals surface area contributed by atoms with E-state index in [1.807, 2.05) is 24.3 Å². The first kappa shape index (κ1) is 22.7. The molecule has 3 amide bonds. The molecule has 1 fully saturated rings. The number of aliphatic hydroxyl groups is 1. The lowest BCUT2D eigenvalue weighted by molar-refractivity contribution is -0.132. The second kappa shape index (κ2) is 8.67. The summed E-state index contributed by atoms with van der Waals surface area (Å²) >= 11 is 0. The summed E-state index contributed by atoms with van der Waals surface area (Å²) in [6, 6.07) is 12.5. The van der Waals surface area contributed by atoms with Gasteiger partial charge in [0.15, 0.2) is 0 Å². The van der Waals surface area contributed by atoms with Crippen LogP contribution < -0.4 is 10.1 Å². The standard InChI is InChI=1S/C24H29FN2O4/c1-5-24(17-6-10-18(25)11-7-17)21(29)27(22(30)26-24)14-19(28)15-31-20-12-8-16(9-13-20)23(2,3)4/h6-13,19,28H,5,14-15H2,1-4H3,(H,26,30). The maximum atomic E-state index is 13.3. The van der Waals surface area contributed by atoms with Crippen molar-refractivity contribution >= 4 is 11.9 Å². The second-order valence-corrected chi connectivity index (χ2v) is 8.85. The number of aliphatic hydroxyl groups excluding tert-OH is 1. The van der Waals surface area contributed by atoms with Gasteiger partial charge in [-0.1, -0.05) is 52.0 Å². The number of carbonyl (C=O) groups excluding carboxylic acids is 2. The van der Waals surface area contributed by atoms with Crippen molar-refractivity contribution < 1.29 is 23.8 Å². The average Bonchev–Trinajstić information content (AvgIpc) is 2.97. The van der Waals surface area contributed by atoms with Gasteiger partial charge in [-0.15, -0.1) is 0 Å². The summed E-state index contributed by atoms with van der Waals surface area (Å²) in [5.41, 5.74) is 0.421. The Bertz CT molecular complexity index is 938. The molecule has 1 aliphatic heterocycles. The van der Waals surface area contributed by atoms with E-state index in [0.29, 0.717) is 17.7 Å². The second-order valence-electron chi connectivity index (χ2n) is 8.85. The molecule has 6 nitrogen and oxygen atoms in total. The van der Waals surface area contributed by atoms with Gasteiger partial charge in [0, 0.05) is 0 Å². The third kappa shape index (κ3) is 4.71. The zero-order valence-electron chi connectivity index (χ0n) is 18.3. The van der Waals surface area contributed by atoms with Gasteiger partial charge in [-0.2, -0.15) is 0 Å². The Morgan fingerprint density at radius 3 is 2.26 bits per heavy atom. The van der Waals surface area contributed by atoms with Gasteiger partial charge in [0.05, 0.1) is 6.54 Å². The number of benzene rings is 2. The van der Waals surface area contributed by atoms with Crippen molar-refractivity contribution in [1.82, 2.24) is 10.2 Å². The summed E-state index contributed by atoms with van der Waals surface area (Å²) in [6.07, 6.45) is -0.759. The van der Waals surface area contributed by atoms with Crippen molar-refractivity contribution in [2.45, 2.75) is 51.2 Å². The van der Waals surface area contributed by atoms with E-state index in [2.05, 4.69) is 26.1 Å². The molecule has 2 unspecified atom stereocenters. The van der Waals surface area contributed by atoms with Crippen LogP contribution in [0.25, 0.3) is 0 Å². The van der Waals surface area contributed by atoms with Gasteiger partial charge >= 0.3 is 6.03 Å². The molecule has 1 aliphatic rings. The number of amides is 3. The molecule has 31 heavy (non-hydrogen) atoms. The van der Waals surface area contributed by atoms with Crippen LogP contribution in [0.1, 0.15) is 45.2 Å². The maximum absolute atomic E-state index is 13.3. The molecule has 1 saturated heterocycles. The van der Waals surface area contributed by atoms with E-state index in [9.17, 15) is 19.1 Å². The minimum absolute atomic E-state index is 0.0256. The molecular weight excluding hydrogens is 399 g/mol. The molecule has 0 aromatic heterocycles. The zero-order chi connectivity index (χ0) is 22.8. The zero-order valence-corrected chi connectivity index (χ0v) is 18.3. The van der Waals surface area contributed by atoms with Crippen molar-refractivity contribution in [3.63, 3.8) is 0 Å². The molecule has 0 radical (unpaired) electrons. The van der Waals surface area contributed by atoms with Gasteiger partial charge in [0.25, 0.3) is 5.91 Å². The van der Waals surface area contributed by atoms with Crippen LogP contribution in [-0.2, 0) is 15.7 Å². The van der Waals surface area contributed by atoms with Gasteiger partial charge in [-0.05, 0) is 47.2 Å². The Kier molecular flexibility index (Phi) is 6.36. The molecule has 0 aliphatic carbocycles. The van der Waals surface area contributed by atoms with Crippen LogP contribution >= 0.6 is 0 Å². The largest absolute Gasteiger partial charge is 0.491 e. The van der Waals surface area contributed by atoms with Gasteiger partial charge < -0.3 is 15.2 Å². The summed E-state index contributed by atoms with van der Waals surface area (Å²) in [7, 11) is 0. The summed E-state index contributed by atoms with van der Waals surface area (Å²) in [4.78, 5) is 26.6. The van der Waals surface area contributed by atoms with Crippen LogP contribution in [0.15, 0.2) is 48.5 Å². The number of carbonyl (C=O) groups is 2. The first-order valence-corrected chi connectivity index (χ1v) is 10.4. The van der Waals surface area contributed by atoms with E-state index in [-0.39, 0.29) is 18.6 Å². The lowest BCUT2D eigenvalue weighted by Gasteiger charge is -2.26. The number of rotatable bonds is 7. The highest BCUT2D eigenvalue weighted by Gasteiger charge is 2.51. The Morgan fingerprint density at radius 2 is 1.71 bits per heavy atom. The SMILES string of the molecule is CCC1(c2ccc(F)cc2)NC(=O)N(CC(O)COc2ccc(C(C)(C)C)cc2)C1=O. The fraction of sp³-hybridized carbons (Fsp3) is 0.417. The minimum atomic E-state index is -1.27. The molecule has 166 valence electrons. The Balaban J connectivity index is 1.64. The number of imide groups is 1.